The summed E-state index contributed by atoms with van der Waals surface area (Å²) >= 11 is 0. The first-order valence-corrected chi connectivity index (χ1v) is 2.62. The van der Waals surface area contributed by atoms with E-state index >= 15 is 0 Å². The van der Waals surface area contributed by atoms with Crippen molar-refractivity contribution in [2.24, 2.45) is 0 Å². The van der Waals surface area contributed by atoms with E-state index in [0.717, 1.165) is 0 Å². The molecular weight excluding hydrogens is 134 g/mol. The van der Waals surface area contributed by atoms with Crippen molar-refractivity contribution in [3.63, 3.8) is 0 Å². The highest BCUT2D eigenvalue weighted by Gasteiger charge is 2.03. The van der Waals surface area contributed by atoms with Crippen LogP contribution in [0.2, 0.25) is 0 Å². The lowest BCUT2D eigenvalue weighted by atomic mass is 10.5. The van der Waals surface area contributed by atoms with Gasteiger partial charge in [-0.25, -0.2) is 4.98 Å². The Labute approximate surface area is 55.7 Å². The van der Waals surface area contributed by atoms with Gasteiger partial charge in [-0.05, 0) is 0 Å². The van der Waals surface area contributed by atoms with E-state index in [1.165, 1.54) is 19.1 Å². The second-order valence-corrected chi connectivity index (χ2v) is 1.63. The van der Waals surface area contributed by atoms with E-state index < -0.39 is 0 Å². The monoisotopic (exact) mass is 137 g/mol. The van der Waals surface area contributed by atoms with Gasteiger partial charge in [-0.2, -0.15) is 4.98 Å². The summed E-state index contributed by atoms with van der Waals surface area (Å²) in [6.45, 7) is 0. The molecule has 0 amide bonds. The molecule has 2 aromatic rings. The number of rotatable bonds is 1. The van der Waals surface area contributed by atoms with E-state index in [1.807, 2.05) is 0 Å². The third-order valence-electron chi connectivity index (χ3n) is 1.02. The van der Waals surface area contributed by atoms with Gasteiger partial charge in [-0.15, -0.1) is 0 Å². The minimum absolute atomic E-state index is 0.439. The predicted molar refractivity (Wildman–Crippen MR) is 29.8 cm³/mol. The Morgan fingerprint density at radius 3 is 2.80 bits per heavy atom. The van der Waals surface area contributed by atoms with Crippen LogP contribution in [0.1, 0.15) is 0 Å². The minimum Gasteiger partial charge on any atom is -0.451 e. The van der Waals surface area contributed by atoms with E-state index in [-0.39, 0.29) is 0 Å². The molecule has 0 spiro atoms. The van der Waals surface area contributed by atoms with Gasteiger partial charge >= 0.3 is 0 Å². The number of aromatic nitrogens is 3. The van der Waals surface area contributed by atoms with Crippen LogP contribution in [0.3, 0.4) is 0 Å². The Morgan fingerprint density at radius 1 is 1.20 bits per heavy atom. The largest absolute Gasteiger partial charge is 0.451 e. The molecular formula is C5H3N3O2. The molecule has 50 valence electrons. The highest BCUT2D eigenvalue weighted by molar-refractivity contribution is 5.44. The molecule has 0 N–H and O–H groups in total. The first kappa shape index (κ1) is 5.16. The van der Waals surface area contributed by atoms with Crippen molar-refractivity contribution < 1.29 is 8.94 Å². The molecule has 0 saturated heterocycles. The van der Waals surface area contributed by atoms with Crippen molar-refractivity contribution >= 4 is 0 Å². The first-order chi connectivity index (χ1) is 4.97. The fourth-order valence-electron chi connectivity index (χ4n) is 0.606. The van der Waals surface area contributed by atoms with Gasteiger partial charge in [0.1, 0.15) is 12.0 Å². The minimum atomic E-state index is 0.439. The molecule has 0 unspecified atom stereocenters. The average molecular weight is 137 g/mol. The van der Waals surface area contributed by atoms with Crippen molar-refractivity contribution in [3.8, 4) is 11.5 Å². The van der Waals surface area contributed by atoms with E-state index in [0.29, 0.717) is 11.5 Å². The fraction of sp³-hybridized carbons (Fsp3) is 0. The van der Waals surface area contributed by atoms with Crippen LogP contribution >= 0.6 is 0 Å². The molecule has 0 bridgehead atoms. The maximum absolute atomic E-state index is 4.71. The molecule has 5 heteroatoms. The standard InChI is InChI=1S/C5H3N3O2/c1-4(6-2-9-1)5-7-3-10-8-5/h1-3H. The Hall–Kier alpha value is -1.65. The molecule has 0 aliphatic rings. The lowest BCUT2D eigenvalue weighted by Gasteiger charge is -1.77. The van der Waals surface area contributed by atoms with Gasteiger partial charge in [-0.1, -0.05) is 5.16 Å². The van der Waals surface area contributed by atoms with Gasteiger partial charge in [0, 0.05) is 0 Å². The van der Waals surface area contributed by atoms with Gasteiger partial charge in [0.05, 0.1) is 0 Å². The molecule has 2 rings (SSSR count). The molecule has 0 radical (unpaired) electrons. The molecule has 0 saturated carbocycles. The van der Waals surface area contributed by atoms with E-state index in [4.69, 9.17) is 4.42 Å². The molecule has 0 aromatic carbocycles. The topological polar surface area (TPSA) is 65.0 Å². The third kappa shape index (κ3) is 0.680. The van der Waals surface area contributed by atoms with Crippen LogP contribution in [0.4, 0.5) is 0 Å². The van der Waals surface area contributed by atoms with Crippen LogP contribution in [0.25, 0.3) is 11.5 Å². The smallest absolute Gasteiger partial charge is 0.224 e. The zero-order chi connectivity index (χ0) is 6.81. The lowest BCUT2D eigenvalue weighted by Crippen LogP contribution is -1.77. The molecule has 5 nitrogen and oxygen atoms in total. The summed E-state index contributed by atoms with van der Waals surface area (Å²) < 4.78 is 9.20. The Balaban J connectivity index is 2.48. The van der Waals surface area contributed by atoms with Crippen LogP contribution < -0.4 is 0 Å². The summed E-state index contributed by atoms with van der Waals surface area (Å²) in [4.78, 5) is 7.57. The van der Waals surface area contributed by atoms with Crippen molar-refractivity contribution in [1.29, 1.82) is 0 Å². The molecule has 0 atom stereocenters. The summed E-state index contributed by atoms with van der Waals surface area (Å²) in [6.07, 6.45) is 4.00. The number of hydrogen-bond donors (Lipinski definition) is 0. The second-order valence-electron chi connectivity index (χ2n) is 1.63. The van der Waals surface area contributed by atoms with Crippen LogP contribution in [0, 0.1) is 0 Å². The molecule has 2 heterocycles. The van der Waals surface area contributed by atoms with Gasteiger partial charge in [0.2, 0.25) is 12.2 Å². The van der Waals surface area contributed by atoms with Gasteiger partial charge in [-0.3, -0.25) is 0 Å². The molecule has 0 fully saturated rings. The zero-order valence-electron chi connectivity index (χ0n) is 4.89. The number of nitrogens with zero attached hydrogens (tertiary/aromatic N) is 3. The quantitative estimate of drug-likeness (QED) is 0.579. The van der Waals surface area contributed by atoms with Crippen molar-refractivity contribution in [2.45, 2.75) is 0 Å². The van der Waals surface area contributed by atoms with E-state index in [2.05, 4.69) is 19.6 Å². The molecule has 2 aromatic heterocycles. The Morgan fingerprint density at radius 2 is 2.20 bits per heavy atom. The predicted octanol–water partition coefficient (Wildman–Crippen LogP) is 0.725. The van der Waals surface area contributed by atoms with E-state index in [1.54, 1.807) is 0 Å². The normalized spacial score (nSPS) is 10.0. The van der Waals surface area contributed by atoms with Crippen LogP contribution in [-0.2, 0) is 0 Å². The number of hydrogen-bond acceptors (Lipinski definition) is 5. The molecule has 10 heavy (non-hydrogen) atoms. The highest BCUT2D eigenvalue weighted by Crippen LogP contribution is 2.08. The summed E-state index contributed by atoms with van der Waals surface area (Å²) in [7, 11) is 0. The second kappa shape index (κ2) is 1.94. The van der Waals surface area contributed by atoms with E-state index in [9.17, 15) is 0 Å². The lowest BCUT2D eigenvalue weighted by molar-refractivity contribution is 0.418. The maximum atomic E-state index is 4.71. The van der Waals surface area contributed by atoms with Crippen LogP contribution in [0.5, 0.6) is 0 Å². The maximum Gasteiger partial charge on any atom is 0.224 e. The zero-order valence-corrected chi connectivity index (χ0v) is 4.89. The molecule has 0 aliphatic carbocycles. The van der Waals surface area contributed by atoms with Gasteiger partial charge in [0.25, 0.3) is 0 Å². The van der Waals surface area contributed by atoms with Gasteiger partial charge in [0.15, 0.2) is 6.39 Å². The van der Waals surface area contributed by atoms with Crippen molar-refractivity contribution in [1.82, 2.24) is 15.1 Å². The first-order valence-electron chi connectivity index (χ1n) is 2.62. The average Bonchev–Trinajstić information content (AvgIpc) is 2.59. The van der Waals surface area contributed by atoms with Crippen molar-refractivity contribution in [3.05, 3.63) is 19.1 Å². The highest BCUT2D eigenvalue weighted by atomic mass is 16.5. The summed E-state index contributed by atoms with van der Waals surface area (Å²) in [5, 5.41) is 3.55. The number of oxazole rings is 1. The van der Waals surface area contributed by atoms with Crippen LogP contribution in [-0.4, -0.2) is 15.1 Å². The van der Waals surface area contributed by atoms with Crippen LogP contribution in [0.15, 0.2) is 28.0 Å². The summed E-state index contributed by atoms with van der Waals surface area (Å²) in [5.41, 5.74) is 0.578. The summed E-state index contributed by atoms with van der Waals surface area (Å²) in [6, 6.07) is 0. The fourth-order valence-corrected chi connectivity index (χ4v) is 0.606. The van der Waals surface area contributed by atoms with Gasteiger partial charge < -0.3 is 8.94 Å². The Kier molecular flexibility index (Phi) is 1.00. The molecule has 0 aliphatic heterocycles. The van der Waals surface area contributed by atoms with Crippen molar-refractivity contribution in [2.75, 3.05) is 0 Å². The summed E-state index contributed by atoms with van der Waals surface area (Å²) in [5.74, 6) is 0.439. The Bertz CT molecular complexity index is 254. The SMILES string of the molecule is c1nc(-c2ncon2)co1. The third-order valence-corrected chi connectivity index (χ3v) is 1.02.